The fourth-order valence-corrected chi connectivity index (χ4v) is 8.52. The summed E-state index contributed by atoms with van der Waals surface area (Å²) < 4.78 is 2.53. The molecule has 0 saturated heterocycles. The van der Waals surface area contributed by atoms with Gasteiger partial charge in [-0.1, -0.05) is 140 Å². The molecule has 0 fully saturated rings. The molecule has 0 bridgehead atoms. The Bertz CT molecular complexity index is 2990. The number of benzene rings is 10. The van der Waals surface area contributed by atoms with Crippen LogP contribution in [-0.4, -0.2) is 4.57 Å². The van der Waals surface area contributed by atoms with Crippen molar-refractivity contribution in [1.29, 1.82) is 0 Å². The second-order valence-electron chi connectivity index (χ2n) is 12.9. The maximum Gasteiger partial charge on any atom is 0.0626 e. The predicted molar refractivity (Wildman–Crippen MR) is 202 cm³/mol. The van der Waals surface area contributed by atoms with E-state index in [0.29, 0.717) is 0 Å². The third-order valence-corrected chi connectivity index (χ3v) is 10.4. The minimum absolute atomic E-state index is 1.19. The third-order valence-electron chi connectivity index (χ3n) is 10.4. The smallest absolute Gasteiger partial charge is 0.0626 e. The van der Waals surface area contributed by atoms with Crippen LogP contribution in [0.15, 0.2) is 164 Å². The minimum atomic E-state index is 1.19. The molecule has 1 aromatic heterocycles. The molecule has 0 N–H and O–H groups in total. The highest BCUT2D eigenvalue weighted by molar-refractivity contribution is 6.38. The van der Waals surface area contributed by atoms with Gasteiger partial charge in [0.05, 0.1) is 11.0 Å². The van der Waals surface area contributed by atoms with Gasteiger partial charge in [-0.3, -0.25) is 0 Å². The molecule has 1 nitrogen and oxygen atoms in total. The highest BCUT2D eigenvalue weighted by Crippen LogP contribution is 2.47. The van der Waals surface area contributed by atoms with Crippen molar-refractivity contribution in [2.45, 2.75) is 0 Å². The largest absolute Gasteiger partial charge is 0.309 e. The summed E-state index contributed by atoms with van der Waals surface area (Å²) >= 11 is 0. The van der Waals surface area contributed by atoms with Gasteiger partial charge in [0.1, 0.15) is 0 Å². The maximum atomic E-state index is 2.53. The molecule has 216 valence electrons. The van der Waals surface area contributed by atoms with Crippen LogP contribution >= 0.6 is 0 Å². The Morgan fingerprint density at radius 2 is 0.894 bits per heavy atom. The highest BCUT2D eigenvalue weighted by atomic mass is 15.0. The molecule has 0 unspecified atom stereocenters. The van der Waals surface area contributed by atoms with Gasteiger partial charge in [-0.25, -0.2) is 0 Å². The van der Waals surface area contributed by atoms with Crippen LogP contribution in [0.4, 0.5) is 0 Å². The average molecular weight is 594 g/mol. The first-order valence-corrected chi connectivity index (χ1v) is 16.4. The van der Waals surface area contributed by atoms with Gasteiger partial charge in [0.2, 0.25) is 0 Å². The SMILES string of the molecule is c1ccc(-c2cc3c4ccccc4c4c(c5ccccc5n4-c4cc5ccc6cccc7ccc(c4)c5c67)c3c3ccccc23)cc1. The van der Waals surface area contributed by atoms with E-state index < -0.39 is 0 Å². The fourth-order valence-electron chi connectivity index (χ4n) is 8.52. The van der Waals surface area contributed by atoms with E-state index in [1.165, 1.54) is 103 Å². The van der Waals surface area contributed by atoms with Crippen LogP contribution in [0.1, 0.15) is 0 Å². The Hall–Kier alpha value is -6.18. The van der Waals surface area contributed by atoms with E-state index in [1.54, 1.807) is 0 Å². The summed E-state index contributed by atoms with van der Waals surface area (Å²) in [5, 5.41) is 18.2. The number of aromatic nitrogens is 1. The summed E-state index contributed by atoms with van der Waals surface area (Å²) in [7, 11) is 0. The molecule has 0 atom stereocenters. The summed E-state index contributed by atoms with van der Waals surface area (Å²) in [6, 6.07) is 60.8. The van der Waals surface area contributed by atoms with E-state index >= 15 is 0 Å². The van der Waals surface area contributed by atoms with Crippen LogP contribution in [0.5, 0.6) is 0 Å². The lowest BCUT2D eigenvalue weighted by Gasteiger charge is -2.17. The van der Waals surface area contributed by atoms with Crippen LogP contribution in [0, 0.1) is 0 Å². The van der Waals surface area contributed by atoms with Gasteiger partial charge in [0.25, 0.3) is 0 Å². The predicted octanol–water partition coefficient (Wildman–Crippen LogP) is 12.8. The molecule has 0 saturated carbocycles. The number of hydrogen-bond acceptors (Lipinski definition) is 0. The van der Waals surface area contributed by atoms with Crippen molar-refractivity contribution in [3.8, 4) is 16.8 Å². The summed E-state index contributed by atoms with van der Waals surface area (Å²) in [6.07, 6.45) is 0. The van der Waals surface area contributed by atoms with Crippen molar-refractivity contribution in [2.24, 2.45) is 0 Å². The molecule has 0 aliphatic rings. The number of para-hydroxylation sites is 1. The number of hydrogen-bond donors (Lipinski definition) is 0. The molecule has 47 heavy (non-hydrogen) atoms. The number of fused-ring (bicyclic) bond motifs is 10. The van der Waals surface area contributed by atoms with E-state index in [4.69, 9.17) is 0 Å². The number of rotatable bonds is 2. The first kappa shape index (κ1) is 25.1. The Morgan fingerprint density at radius 1 is 0.319 bits per heavy atom. The topological polar surface area (TPSA) is 4.93 Å². The summed E-state index contributed by atoms with van der Waals surface area (Å²) in [4.78, 5) is 0. The van der Waals surface area contributed by atoms with Crippen molar-refractivity contribution in [2.75, 3.05) is 0 Å². The van der Waals surface area contributed by atoms with Gasteiger partial charge in [-0.05, 0) is 89.3 Å². The first-order chi connectivity index (χ1) is 23.3. The summed E-state index contributed by atoms with van der Waals surface area (Å²) in [5.41, 5.74) is 6.20. The zero-order valence-corrected chi connectivity index (χ0v) is 25.5. The Morgan fingerprint density at radius 3 is 1.64 bits per heavy atom. The van der Waals surface area contributed by atoms with Gasteiger partial charge in [-0.15, -0.1) is 0 Å². The summed E-state index contributed by atoms with van der Waals surface area (Å²) in [6.45, 7) is 0. The van der Waals surface area contributed by atoms with Crippen LogP contribution in [0.25, 0.3) is 103 Å². The zero-order valence-electron chi connectivity index (χ0n) is 25.5. The van der Waals surface area contributed by atoms with E-state index in [1.807, 2.05) is 0 Å². The Labute approximate surface area is 270 Å². The quantitative estimate of drug-likeness (QED) is 0.176. The lowest BCUT2D eigenvalue weighted by molar-refractivity contribution is 1.20. The first-order valence-electron chi connectivity index (χ1n) is 16.4. The minimum Gasteiger partial charge on any atom is -0.309 e. The normalized spacial score (nSPS) is 12.3. The second-order valence-corrected chi connectivity index (χ2v) is 12.9. The molecule has 11 rings (SSSR count). The molecule has 10 aromatic carbocycles. The molecule has 1 heterocycles. The third kappa shape index (κ3) is 3.33. The molecule has 1 heteroatoms. The van der Waals surface area contributed by atoms with Gasteiger partial charge < -0.3 is 4.57 Å². The molecule has 0 aliphatic carbocycles. The summed E-state index contributed by atoms with van der Waals surface area (Å²) in [5.74, 6) is 0. The Kier molecular flexibility index (Phi) is 4.90. The van der Waals surface area contributed by atoms with Crippen molar-refractivity contribution < 1.29 is 0 Å². The molecular weight excluding hydrogens is 567 g/mol. The van der Waals surface area contributed by atoms with Crippen LogP contribution in [-0.2, 0) is 0 Å². The van der Waals surface area contributed by atoms with Crippen LogP contribution in [0.2, 0.25) is 0 Å². The molecule has 0 radical (unpaired) electrons. The lowest BCUT2D eigenvalue weighted by Crippen LogP contribution is -1.96. The standard InChI is InChI=1S/C46H27N/c1-2-11-28(12-3-1)39-27-40-35-16-5-7-18-37(35)46-45(44(40)36-17-6-4-15-34(36)39)38-19-8-9-20-41(38)47(46)33-25-31-23-21-29-13-10-14-30-22-24-32(26-33)43(31)42(29)30/h1-27H. The van der Waals surface area contributed by atoms with Gasteiger partial charge in [0.15, 0.2) is 0 Å². The van der Waals surface area contributed by atoms with Crippen molar-refractivity contribution in [3.63, 3.8) is 0 Å². The maximum absolute atomic E-state index is 2.53. The number of nitrogens with zero attached hydrogens (tertiary/aromatic N) is 1. The van der Waals surface area contributed by atoms with Gasteiger partial charge in [-0.2, -0.15) is 0 Å². The van der Waals surface area contributed by atoms with Crippen molar-refractivity contribution in [3.05, 3.63) is 164 Å². The van der Waals surface area contributed by atoms with Gasteiger partial charge >= 0.3 is 0 Å². The molecule has 0 aliphatic heterocycles. The average Bonchev–Trinajstić information content (AvgIpc) is 3.49. The molecule has 0 spiro atoms. The molecule has 11 aromatic rings. The van der Waals surface area contributed by atoms with E-state index in [0.717, 1.165) is 0 Å². The lowest BCUT2D eigenvalue weighted by atomic mass is 9.88. The monoisotopic (exact) mass is 593 g/mol. The van der Waals surface area contributed by atoms with Gasteiger partial charge in [0, 0.05) is 27.2 Å². The molecule has 0 amide bonds. The second kappa shape index (κ2) is 9.19. The van der Waals surface area contributed by atoms with Crippen LogP contribution < -0.4 is 0 Å². The van der Waals surface area contributed by atoms with E-state index in [-0.39, 0.29) is 0 Å². The van der Waals surface area contributed by atoms with E-state index in [2.05, 4.69) is 168 Å². The fraction of sp³-hybridized carbons (Fsp3) is 0. The van der Waals surface area contributed by atoms with E-state index in [9.17, 15) is 0 Å². The molecular formula is C46H27N. The van der Waals surface area contributed by atoms with Crippen molar-refractivity contribution >= 4 is 86.4 Å². The van der Waals surface area contributed by atoms with Crippen LogP contribution in [0.3, 0.4) is 0 Å². The highest BCUT2D eigenvalue weighted by Gasteiger charge is 2.22. The Balaban J connectivity index is 1.36. The van der Waals surface area contributed by atoms with Crippen molar-refractivity contribution in [1.82, 2.24) is 4.57 Å². The zero-order chi connectivity index (χ0) is 30.6.